The van der Waals surface area contributed by atoms with E-state index in [1.807, 2.05) is 30.3 Å². The molecule has 0 aliphatic carbocycles. The molecule has 1 unspecified atom stereocenters. The maximum absolute atomic E-state index is 12.7. The highest BCUT2D eigenvalue weighted by Gasteiger charge is 2.34. The van der Waals surface area contributed by atoms with E-state index in [0.29, 0.717) is 12.4 Å². The number of pyridine rings is 1. The third-order valence-electron chi connectivity index (χ3n) is 3.54. The Morgan fingerprint density at radius 3 is 2.50 bits per heavy atom. The second-order valence-electron chi connectivity index (χ2n) is 5.24. The van der Waals surface area contributed by atoms with Gasteiger partial charge in [-0.05, 0) is 17.7 Å². The highest BCUT2D eigenvalue weighted by Crippen LogP contribution is 2.24. The predicted octanol–water partition coefficient (Wildman–Crippen LogP) is 2.36. The summed E-state index contributed by atoms with van der Waals surface area (Å²) < 4.78 is 0. The monoisotopic (exact) mass is 341 g/mol. The first kappa shape index (κ1) is 16.2. The Balaban J connectivity index is 1.80. The summed E-state index contributed by atoms with van der Waals surface area (Å²) in [5, 5.41) is 1.10. The van der Waals surface area contributed by atoms with Crippen LogP contribution in [-0.4, -0.2) is 27.3 Å². The van der Waals surface area contributed by atoms with Gasteiger partial charge in [-0.1, -0.05) is 48.2 Å². The number of amides is 3. The Morgan fingerprint density at radius 1 is 1.12 bits per heavy atom. The summed E-state index contributed by atoms with van der Waals surface area (Å²) in [7, 11) is 0. The van der Waals surface area contributed by atoms with Gasteiger partial charge in [0.25, 0.3) is 5.24 Å². The van der Waals surface area contributed by atoms with Crippen LogP contribution in [0.3, 0.4) is 0 Å². The van der Waals surface area contributed by atoms with Crippen LogP contribution in [0, 0.1) is 0 Å². The molecule has 1 saturated heterocycles. The normalized spacial score (nSPS) is 16.8. The van der Waals surface area contributed by atoms with Gasteiger partial charge >= 0.3 is 0 Å². The van der Waals surface area contributed by atoms with Crippen LogP contribution in [0.4, 0.5) is 10.6 Å². The number of rotatable bonds is 5. The van der Waals surface area contributed by atoms with Crippen molar-refractivity contribution in [3.05, 3.63) is 60.3 Å². The maximum Gasteiger partial charge on any atom is 0.286 e. The Hall–Kier alpha value is -2.67. The first-order valence-corrected chi connectivity index (χ1v) is 8.28. The lowest BCUT2D eigenvalue weighted by Crippen LogP contribution is -2.35. The lowest BCUT2D eigenvalue weighted by atomic mass is 10.2. The number of carbonyl (C=O) groups is 3. The number of hydrogen-bond acceptors (Lipinski definition) is 5. The summed E-state index contributed by atoms with van der Waals surface area (Å²) >= 11 is 0.853. The van der Waals surface area contributed by atoms with Crippen LogP contribution in [0.25, 0.3) is 0 Å². The molecule has 24 heavy (non-hydrogen) atoms. The largest absolute Gasteiger partial charge is 0.292 e. The fourth-order valence-corrected chi connectivity index (χ4v) is 3.18. The van der Waals surface area contributed by atoms with Crippen molar-refractivity contribution in [1.29, 1.82) is 0 Å². The Bertz CT molecular complexity index is 752. The lowest BCUT2D eigenvalue weighted by molar-refractivity contribution is -0.123. The second kappa shape index (κ2) is 7.27. The quantitative estimate of drug-likeness (QED) is 0.903. The number of nitrogens with one attached hydrogen (secondary N) is 1. The van der Waals surface area contributed by atoms with Gasteiger partial charge in [-0.15, -0.1) is 0 Å². The van der Waals surface area contributed by atoms with Gasteiger partial charge in [0.15, 0.2) is 0 Å². The minimum absolute atomic E-state index is 0.0500. The molecular formula is C17H15N3O3S. The van der Waals surface area contributed by atoms with E-state index in [0.717, 1.165) is 17.3 Å². The molecule has 2 aromatic rings. The molecule has 0 saturated carbocycles. The van der Waals surface area contributed by atoms with Crippen LogP contribution in [0.1, 0.15) is 12.0 Å². The zero-order valence-electron chi connectivity index (χ0n) is 12.7. The molecule has 3 rings (SSSR count). The first-order chi connectivity index (χ1) is 11.6. The van der Waals surface area contributed by atoms with Gasteiger partial charge < -0.3 is 0 Å². The van der Waals surface area contributed by atoms with Gasteiger partial charge in [0.05, 0.1) is 6.54 Å². The SMILES string of the molecule is O=C1NC(=O)C(CC(=O)N(Cc2ccccc2)c2ccccn2)S1. The van der Waals surface area contributed by atoms with E-state index in [4.69, 9.17) is 0 Å². The summed E-state index contributed by atoms with van der Waals surface area (Å²) in [5.41, 5.74) is 0.955. The van der Waals surface area contributed by atoms with Crippen LogP contribution in [0.2, 0.25) is 0 Å². The van der Waals surface area contributed by atoms with Crippen LogP contribution in [0.15, 0.2) is 54.7 Å². The summed E-state index contributed by atoms with van der Waals surface area (Å²) in [6.07, 6.45) is 1.56. The second-order valence-corrected chi connectivity index (χ2v) is 6.42. The van der Waals surface area contributed by atoms with Crippen LogP contribution in [-0.2, 0) is 16.1 Å². The van der Waals surface area contributed by atoms with E-state index >= 15 is 0 Å². The molecule has 1 aliphatic rings. The van der Waals surface area contributed by atoms with Crippen LogP contribution >= 0.6 is 11.8 Å². The van der Waals surface area contributed by atoms with Crippen molar-refractivity contribution in [2.75, 3.05) is 4.90 Å². The molecule has 1 fully saturated rings. The molecule has 7 heteroatoms. The lowest BCUT2D eigenvalue weighted by Gasteiger charge is -2.22. The highest BCUT2D eigenvalue weighted by molar-refractivity contribution is 8.15. The van der Waals surface area contributed by atoms with Gasteiger partial charge in [0.2, 0.25) is 11.8 Å². The molecule has 0 bridgehead atoms. The van der Waals surface area contributed by atoms with Crippen molar-refractivity contribution in [3.8, 4) is 0 Å². The summed E-state index contributed by atoms with van der Waals surface area (Å²) in [4.78, 5) is 41.5. The average molecular weight is 341 g/mol. The Kier molecular flexibility index (Phi) is 4.90. The maximum atomic E-state index is 12.7. The van der Waals surface area contributed by atoms with Gasteiger partial charge in [-0.25, -0.2) is 4.98 Å². The summed E-state index contributed by atoms with van der Waals surface area (Å²) in [6, 6.07) is 14.9. The molecule has 3 amide bonds. The van der Waals surface area contributed by atoms with Crippen molar-refractivity contribution < 1.29 is 14.4 Å². The molecule has 1 aromatic heterocycles. The van der Waals surface area contributed by atoms with Crippen molar-refractivity contribution in [1.82, 2.24) is 10.3 Å². The zero-order chi connectivity index (χ0) is 16.9. The number of anilines is 1. The molecule has 0 spiro atoms. The molecule has 1 aromatic carbocycles. The van der Waals surface area contributed by atoms with Crippen molar-refractivity contribution in [2.24, 2.45) is 0 Å². The minimum Gasteiger partial charge on any atom is -0.292 e. The molecule has 1 N–H and O–H groups in total. The fourth-order valence-electron chi connectivity index (χ4n) is 2.37. The number of benzene rings is 1. The Morgan fingerprint density at radius 2 is 1.88 bits per heavy atom. The number of imide groups is 1. The summed E-state index contributed by atoms with van der Waals surface area (Å²) in [5.74, 6) is -0.153. The van der Waals surface area contributed by atoms with Gasteiger partial charge in [0.1, 0.15) is 11.1 Å². The number of thioether (sulfide) groups is 1. The molecule has 1 aliphatic heterocycles. The smallest absolute Gasteiger partial charge is 0.286 e. The van der Waals surface area contributed by atoms with Gasteiger partial charge in [0, 0.05) is 12.6 Å². The Labute approximate surface area is 143 Å². The minimum atomic E-state index is -0.688. The zero-order valence-corrected chi connectivity index (χ0v) is 13.5. The van der Waals surface area contributed by atoms with E-state index in [2.05, 4.69) is 10.3 Å². The van der Waals surface area contributed by atoms with Crippen molar-refractivity contribution in [2.45, 2.75) is 18.2 Å². The number of hydrogen-bond donors (Lipinski definition) is 1. The van der Waals surface area contributed by atoms with E-state index in [-0.39, 0.29) is 12.3 Å². The highest BCUT2D eigenvalue weighted by atomic mass is 32.2. The average Bonchev–Trinajstić information content (AvgIpc) is 2.91. The third-order valence-corrected chi connectivity index (χ3v) is 4.52. The molecule has 122 valence electrons. The number of carbonyl (C=O) groups excluding carboxylic acids is 3. The first-order valence-electron chi connectivity index (χ1n) is 7.40. The van der Waals surface area contributed by atoms with Crippen molar-refractivity contribution >= 4 is 34.6 Å². The molecule has 6 nitrogen and oxygen atoms in total. The molecular weight excluding hydrogens is 326 g/mol. The molecule has 0 radical (unpaired) electrons. The van der Waals surface area contributed by atoms with Crippen LogP contribution < -0.4 is 10.2 Å². The number of nitrogens with zero attached hydrogens (tertiary/aromatic N) is 2. The van der Waals surface area contributed by atoms with E-state index < -0.39 is 16.4 Å². The van der Waals surface area contributed by atoms with E-state index in [1.54, 1.807) is 24.4 Å². The van der Waals surface area contributed by atoms with E-state index in [1.165, 1.54) is 4.90 Å². The standard InChI is InChI=1S/C17H15N3O3S/c21-15(10-13-16(22)19-17(23)24-13)20(14-8-4-5-9-18-14)11-12-6-2-1-3-7-12/h1-9,13H,10-11H2,(H,19,22,23). The van der Waals surface area contributed by atoms with Gasteiger partial charge in [-0.3, -0.25) is 24.6 Å². The topological polar surface area (TPSA) is 79.4 Å². The third kappa shape index (κ3) is 3.80. The van der Waals surface area contributed by atoms with Crippen LogP contribution in [0.5, 0.6) is 0 Å². The van der Waals surface area contributed by atoms with Crippen molar-refractivity contribution in [3.63, 3.8) is 0 Å². The number of aromatic nitrogens is 1. The molecule has 1 atom stereocenters. The fraction of sp³-hybridized carbons (Fsp3) is 0.176. The summed E-state index contributed by atoms with van der Waals surface area (Å²) in [6.45, 7) is 0.351. The molecule has 2 heterocycles. The predicted molar refractivity (Wildman–Crippen MR) is 91.4 cm³/mol. The van der Waals surface area contributed by atoms with Gasteiger partial charge in [-0.2, -0.15) is 0 Å². The van der Waals surface area contributed by atoms with E-state index in [9.17, 15) is 14.4 Å².